The summed E-state index contributed by atoms with van der Waals surface area (Å²) in [7, 11) is 0. The van der Waals surface area contributed by atoms with Crippen LogP contribution in [0.3, 0.4) is 0 Å². The lowest BCUT2D eigenvalue weighted by Gasteiger charge is -2.19. The molecule has 2 heteroatoms. The van der Waals surface area contributed by atoms with E-state index in [-0.39, 0.29) is 5.41 Å². The van der Waals surface area contributed by atoms with Gasteiger partial charge in [-0.05, 0) is 40.7 Å². The summed E-state index contributed by atoms with van der Waals surface area (Å²) in [6.07, 6.45) is 1.14. The number of benzene rings is 2. The largest absolute Gasteiger partial charge is 0.384 e. The topological polar surface area (TPSA) is 24.1 Å². The second kappa shape index (κ2) is 5.44. The van der Waals surface area contributed by atoms with E-state index in [4.69, 9.17) is 0 Å². The normalized spacial score (nSPS) is 13.7. The number of fused-ring (bicyclic) bond motifs is 1. The van der Waals surface area contributed by atoms with E-state index in [1.165, 1.54) is 28.1 Å². The predicted octanol–water partition coefficient (Wildman–Crippen LogP) is 4.56. The first-order chi connectivity index (χ1) is 10.0. The molecule has 0 unspecified atom stereocenters. The Bertz CT molecular complexity index is 621. The van der Waals surface area contributed by atoms with Crippen molar-refractivity contribution in [1.29, 1.82) is 0 Å². The van der Waals surface area contributed by atoms with E-state index in [1.54, 1.807) is 0 Å². The highest BCUT2D eigenvalue weighted by molar-refractivity contribution is 5.62. The minimum absolute atomic E-state index is 0.211. The molecule has 21 heavy (non-hydrogen) atoms. The Balaban J connectivity index is 1.70. The minimum Gasteiger partial charge on any atom is -0.384 e. The number of anilines is 2. The number of rotatable bonds is 3. The van der Waals surface area contributed by atoms with Gasteiger partial charge in [-0.2, -0.15) is 0 Å². The summed E-state index contributed by atoms with van der Waals surface area (Å²) in [5.41, 5.74) is 6.88. The van der Waals surface area contributed by atoms with Crippen molar-refractivity contribution >= 4 is 11.4 Å². The average Bonchev–Trinajstić information content (AvgIpc) is 2.93. The third-order valence-electron chi connectivity index (χ3n) is 4.17. The van der Waals surface area contributed by atoms with Crippen LogP contribution in [0.4, 0.5) is 11.4 Å². The summed E-state index contributed by atoms with van der Waals surface area (Å²) < 4.78 is 0. The molecule has 1 aliphatic rings. The molecule has 0 saturated carbocycles. The molecule has 0 radical (unpaired) electrons. The summed E-state index contributed by atoms with van der Waals surface area (Å²) in [6, 6.07) is 15.4. The molecule has 1 heterocycles. The molecule has 0 aromatic heterocycles. The minimum atomic E-state index is 0.211. The van der Waals surface area contributed by atoms with Crippen LogP contribution in [0, 0.1) is 0 Å². The fourth-order valence-corrected chi connectivity index (χ4v) is 2.84. The van der Waals surface area contributed by atoms with Gasteiger partial charge >= 0.3 is 0 Å². The second-order valence-electron chi connectivity index (χ2n) is 6.81. The van der Waals surface area contributed by atoms with Crippen LogP contribution >= 0.6 is 0 Å². The molecule has 1 aliphatic heterocycles. The van der Waals surface area contributed by atoms with Crippen molar-refractivity contribution in [3.05, 3.63) is 59.2 Å². The molecule has 0 saturated heterocycles. The van der Waals surface area contributed by atoms with Gasteiger partial charge in [0.25, 0.3) is 0 Å². The zero-order valence-electron chi connectivity index (χ0n) is 13.2. The Morgan fingerprint density at radius 3 is 2.52 bits per heavy atom. The summed E-state index contributed by atoms with van der Waals surface area (Å²) in [4.78, 5) is 0. The first-order valence-corrected chi connectivity index (χ1v) is 7.73. The summed E-state index contributed by atoms with van der Waals surface area (Å²) in [6.45, 7) is 8.66. The van der Waals surface area contributed by atoms with Gasteiger partial charge in [0.05, 0.1) is 0 Å². The first-order valence-electron chi connectivity index (χ1n) is 7.73. The lowest BCUT2D eigenvalue weighted by Crippen LogP contribution is -2.10. The molecule has 0 fully saturated rings. The molecular formula is C19H24N2. The average molecular weight is 280 g/mol. The van der Waals surface area contributed by atoms with Crippen LogP contribution < -0.4 is 10.6 Å². The summed E-state index contributed by atoms with van der Waals surface area (Å²) in [5, 5.41) is 7.02. The van der Waals surface area contributed by atoms with E-state index < -0.39 is 0 Å². The van der Waals surface area contributed by atoms with E-state index in [0.717, 1.165) is 19.5 Å². The standard InChI is InChI=1S/C19H24N2/c1-19(2,3)16-7-9-17(10-8-16)21-13-15-6-4-5-14-11-12-20-18(14)15/h4-10,20-21H,11-13H2,1-3H3. The van der Waals surface area contributed by atoms with Crippen molar-refractivity contribution in [1.82, 2.24) is 0 Å². The quantitative estimate of drug-likeness (QED) is 0.861. The molecule has 0 atom stereocenters. The first kappa shape index (κ1) is 14.0. The Kier molecular flexibility index (Phi) is 3.62. The summed E-state index contributed by atoms with van der Waals surface area (Å²) in [5.74, 6) is 0. The van der Waals surface area contributed by atoms with E-state index in [1.807, 2.05) is 0 Å². The van der Waals surface area contributed by atoms with Crippen molar-refractivity contribution in [2.45, 2.75) is 39.2 Å². The summed E-state index contributed by atoms with van der Waals surface area (Å²) >= 11 is 0. The lowest BCUT2D eigenvalue weighted by atomic mass is 9.87. The fraction of sp³-hybridized carbons (Fsp3) is 0.368. The number of nitrogens with one attached hydrogen (secondary N) is 2. The Morgan fingerprint density at radius 2 is 1.81 bits per heavy atom. The molecule has 2 nitrogen and oxygen atoms in total. The maximum absolute atomic E-state index is 3.53. The van der Waals surface area contributed by atoms with Crippen LogP contribution in [0.1, 0.15) is 37.5 Å². The smallest absolute Gasteiger partial charge is 0.0424 e. The monoisotopic (exact) mass is 280 g/mol. The van der Waals surface area contributed by atoms with Gasteiger partial charge in [0.1, 0.15) is 0 Å². The Hall–Kier alpha value is -1.96. The molecular weight excluding hydrogens is 256 g/mol. The van der Waals surface area contributed by atoms with Crippen LogP contribution in [0.5, 0.6) is 0 Å². The van der Waals surface area contributed by atoms with E-state index in [0.29, 0.717) is 0 Å². The maximum atomic E-state index is 3.53. The van der Waals surface area contributed by atoms with Crippen molar-refractivity contribution in [3.63, 3.8) is 0 Å². The van der Waals surface area contributed by atoms with Gasteiger partial charge in [0, 0.05) is 24.5 Å². The number of hydrogen-bond donors (Lipinski definition) is 2. The van der Waals surface area contributed by atoms with Crippen LogP contribution in [0.2, 0.25) is 0 Å². The molecule has 3 rings (SSSR count). The molecule has 0 bridgehead atoms. The van der Waals surface area contributed by atoms with Gasteiger partial charge in [-0.3, -0.25) is 0 Å². The van der Waals surface area contributed by atoms with Gasteiger partial charge < -0.3 is 10.6 Å². The molecule has 2 aromatic carbocycles. The zero-order chi connectivity index (χ0) is 14.9. The van der Waals surface area contributed by atoms with Crippen LogP contribution in [-0.2, 0) is 18.4 Å². The molecule has 0 spiro atoms. The van der Waals surface area contributed by atoms with Gasteiger partial charge in [-0.15, -0.1) is 0 Å². The predicted molar refractivity (Wildman–Crippen MR) is 91.1 cm³/mol. The SMILES string of the molecule is CC(C)(C)c1ccc(NCc2cccc3c2NCC3)cc1. The second-order valence-corrected chi connectivity index (χ2v) is 6.81. The molecule has 110 valence electrons. The highest BCUT2D eigenvalue weighted by atomic mass is 14.9. The van der Waals surface area contributed by atoms with Crippen molar-refractivity contribution in [3.8, 4) is 0 Å². The van der Waals surface area contributed by atoms with Crippen molar-refractivity contribution in [2.24, 2.45) is 0 Å². The van der Waals surface area contributed by atoms with Crippen LogP contribution in [0.25, 0.3) is 0 Å². The molecule has 2 aromatic rings. The molecule has 0 amide bonds. The Labute approximate surface area is 127 Å². The third-order valence-corrected chi connectivity index (χ3v) is 4.17. The molecule has 2 N–H and O–H groups in total. The lowest BCUT2D eigenvalue weighted by molar-refractivity contribution is 0.590. The van der Waals surface area contributed by atoms with Crippen molar-refractivity contribution in [2.75, 3.05) is 17.2 Å². The fourth-order valence-electron chi connectivity index (χ4n) is 2.84. The van der Waals surface area contributed by atoms with E-state index in [9.17, 15) is 0 Å². The highest BCUT2D eigenvalue weighted by Crippen LogP contribution is 2.27. The number of para-hydroxylation sites is 1. The van der Waals surface area contributed by atoms with Gasteiger partial charge in [-0.1, -0.05) is 51.1 Å². The molecule has 0 aliphatic carbocycles. The van der Waals surface area contributed by atoms with Crippen LogP contribution in [0.15, 0.2) is 42.5 Å². The van der Waals surface area contributed by atoms with Gasteiger partial charge in [-0.25, -0.2) is 0 Å². The van der Waals surface area contributed by atoms with E-state index in [2.05, 4.69) is 73.9 Å². The number of hydrogen-bond acceptors (Lipinski definition) is 2. The maximum Gasteiger partial charge on any atom is 0.0424 e. The van der Waals surface area contributed by atoms with Gasteiger partial charge in [0.15, 0.2) is 0 Å². The Morgan fingerprint density at radius 1 is 1.05 bits per heavy atom. The zero-order valence-corrected chi connectivity index (χ0v) is 13.2. The van der Waals surface area contributed by atoms with E-state index >= 15 is 0 Å². The third kappa shape index (κ3) is 3.05. The van der Waals surface area contributed by atoms with Gasteiger partial charge in [0.2, 0.25) is 0 Å². The van der Waals surface area contributed by atoms with Crippen molar-refractivity contribution < 1.29 is 0 Å². The highest BCUT2D eigenvalue weighted by Gasteiger charge is 2.14. The van der Waals surface area contributed by atoms with Crippen LogP contribution in [-0.4, -0.2) is 6.54 Å².